The van der Waals surface area contributed by atoms with E-state index < -0.39 is 0 Å². The van der Waals surface area contributed by atoms with E-state index in [0.29, 0.717) is 6.04 Å². The molecule has 1 heterocycles. The molecular weight excluding hydrogens is 234 g/mol. The number of aromatic amines is 1. The van der Waals surface area contributed by atoms with Crippen LogP contribution in [0, 0.1) is 0 Å². The Hall–Kier alpha value is -1.09. The van der Waals surface area contributed by atoms with Crippen LogP contribution in [0.4, 0.5) is 0 Å². The van der Waals surface area contributed by atoms with Crippen molar-refractivity contribution in [3.63, 3.8) is 0 Å². The second-order valence-electron chi connectivity index (χ2n) is 5.97. The summed E-state index contributed by atoms with van der Waals surface area (Å²) in [6.45, 7) is 13.9. The van der Waals surface area contributed by atoms with Gasteiger partial charge in [-0.3, -0.25) is 4.90 Å². The standard InChI is InChI=1S/C16H29N3/c1-7-10-19(6)13(8-2)11-15-17-12-14(18-15)16(4,5)9-3/h8,12-13H,2,7,9-11H2,1,3-6H3,(H,17,18). The molecule has 0 aromatic carbocycles. The summed E-state index contributed by atoms with van der Waals surface area (Å²) in [4.78, 5) is 10.3. The zero-order valence-corrected chi connectivity index (χ0v) is 13.2. The van der Waals surface area contributed by atoms with Gasteiger partial charge in [-0.05, 0) is 26.4 Å². The summed E-state index contributed by atoms with van der Waals surface area (Å²) in [5.41, 5.74) is 1.40. The fourth-order valence-corrected chi connectivity index (χ4v) is 2.14. The molecule has 1 atom stereocenters. The Labute approximate surface area is 118 Å². The van der Waals surface area contributed by atoms with Gasteiger partial charge in [-0.25, -0.2) is 4.98 Å². The van der Waals surface area contributed by atoms with E-state index in [9.17, 15) is 0 Å². The van der Waals surface area contributed by atoms with Crippen molar-refractivity contribution in [1.29, 1.82) is 0 Å². The third kappa shape index (κ3) is 4.20. The molecule has 0 amide bonds. The molecule has 1 aromatic rings. The maximum absolute atomic E-state index is 4.53. The monoisotopic (exact) mass is 263 g/mol. The molecule has 19 heavy (non-hydrogen) atoms. The maximum atomic E-state index is 4.53. The fourth-order valence-electron chi connectivity index (χ4n) is 2.14. The summed E-state index contributed by atoms with van der Waals surface area (Å²) in [5.74, 6) is 1.06. The van der Waals surface area contributed by atoms with Crippen LogP contribution >= 0.6 is 0 Å². The normalized spacial score (nSPS) is 13.8. The molecule has 1 unspecified atom stereocenters. The number of nitrogens with one attached hydrogen (secondary N) is 1. The lowest BCUT2D eigenvalue weighted by atomic mass is 9.87. The van der Waals surface area contributed by atoms with Crippen LogP contribution in [0.2, 0.25) is 0 Å². The maximum Gasteiger partial charge on any atom is 0.108 e. The lowest BCUT2D eigenvalue weighted by molar-refractivity contribution is 0.278. The Balaban J connectivity index is 2.74. The second-order valence-corrected chi connectivity index (χ2v) is 5.97. The molecule has 0 bridgehead atoms. The van der Waals surface area contributed by atoms with Gasteiger partial charge < -0.3 is 4.98 Å². The lowest BCUT2D eigenvalue weighted by Gasteiger charge is -2.24. The first-order valence-corrected chi connectivity index (χ1v) is 7.31. The number of hydrogen-bond donors (Lipinski definition) is 1. The predicted octanol–water partition coefficient (Wildman–Crippen LogP) is 3.54. The Morgan fingerprint density at radius 2 is 2.16 bits per heavy atom. The Morgan fingerprint density at radius 1 is 1.47 bits per heavy atom. The van der Waals surface area contributed by atoms with E-state index in [-0.39, 0.29) is 5.41 Å². The molecule has 1 aromatic heterocycles. The minimum absolute atomic E-state index is 0.171. The van der Waals surface area contributed by atoms with Gasteiger partial charge in [0.15, 0.2) is 0 Å². The highest BCUT2D eigenvalue weighted by atomic mass is 15.1. The summed E-state index contributed by atoms with van der Waals surface area (Å²) in [6.07, 6.45) is 7.17. The van der Waals surface area contributed by atoms with Crippen LogP contribution in [0.15, 0.2) is 18.9 Å². The van der Waals surface area contributed by atoms with E-state index in [1.165, 1.54) is 5.69 Å². The molecule has 0 aliphatic heterocycles. The topological polar surface area (TPSA) is 31.9 Å². The molecule has 1 N–H and O–H groups in total. The average Bonchev–Trinajstić information content (AvgIpc) is 2.85. The van der Waals surface area contributed by atoms with Gasteiger partial charge in [-0.1, -0.05) is 33.8 Å². The van der Waals surface area contributed by atoms with Gasteiger partial charge in [0.1, 0.15) is 5.82 Å². The van der Waals surface area contributed by atoms with Crippen molar-refractivity contribution in [1.82, 2.24) is 14.9 Å². The molecule has 3 nitrogen and oxygen atoms in total. The highest BCUT2D eigenvalue weighted by Gasteiger charge is 2.21. The Morgan fingerprint density at radius 3 is 2.68 bits per heavy atom. The van der Waals surface area contributed by atoms with Gasteiger partial charge in [0.2, 0.25) is 0 Å². The van der Waals surface area contributed by atoms with Crippen LogP contribution in [0.25, 0.3) is 0 Å². The van der Waals surface area contributed by atoms with Crippen LogP contribution < -0.4 is 0 Å². The van der Waals surface area contributed by atoms with Crippen molar-refractivity contribution in [3.05, 3.63) is 30.4 Å². The average molecular weight is 263 g/mol. The molecule has 0 aliphatic rings. The number of likely N-dealkylation sites (N-methyl/N-ethyl adjacent to an activating group) is 1. The van der Waals surface area contributed by atoms with E-state index >= 15 is 0 Å². The molecule has 0 fully saturated rings. The Bertz CT molecular complexity index is 392. The molecule has 0 spiro atoms. The van der Waals surface area contributed by atoms with Crippen molar-refractivity contribution in [3.8, 4) is 0 Å². The quantitative estimate of drug-likeness (QED) is 0.728. The molecule has 108 valence electrons. The molecule has 0 aliphatic carbocycles. The largest absolute Gasteiger partial charge is 0.345 e. The van der Waals surface area contributed by atoms with Crippen LogP contribution in [-0.2, 0) is 11.8 Å². The van der Waals surface area contributed by atoms with E-state index in [2.05, 4.69) is 56.2 Å². The van der Waals surface area contributed by atoms with Crippen LogP contribution in [0.3, 0.4) is 0 Å². The molecular formula is C16H29N3. The minimum Gasteiger partial charge on any atom is -0.345 e. The van der Waals surface area contributed by atoms with E-state index in [4.69, 9.17) is 0 Å². The third-order valence-electron chi connectivity index (χ3n) is 4.06. The fraction of sp³-hybridized carbons (Fsp3) is 0.688. The smallest absolute Gasteiger partial charge is 0.108 e. The number of imidazole rings is 1. The number of aromatic nitrogens is 2. The van der Waals surface area contributed by atoms with Gasteiger partial charge in [-0.15, -0.1) is 6.58 Å². The molecule has 0 saturated carbocycles. The summed E-state index contributed by atoms with van der Waals surface area (Å²) in [5, 5.41) is 0. The summed E-state index contributed by atoms with van der Waals surface area (Å²) in [7, 11) is 2.15. The summed E-state index contributed by atoms with van der Waals surface area (Å²) in [6, 6.07) is 0.351. The zero-order chi connectivity index (χ0) is 14.5. The number of rotatable bonds is 8. The Kier molecular flexibility index (Phi) is 5.80. The van der Waals surface area contributed by atoms with Gasteiger partial charge >= 0.3 is 0 Å². The van der Waals surface area contributed by atoms with Crippen molar-refractivity contribution in [2.45, 2.75) is 58.4 Å². The lowest BCUT2D eigenvalue weighted by Crippen LogP contribution is -2.32. The van der Waals surface area contributed by atoms with Crippen molar-refractivity contribution >= 4 is 0 Å². The van der Waals surface area contributed by atoms with Crippen LogP contribution in [0.5, 0.6) is 0 Å². The number of H-pyrrole nitrogens is 1. The van der Waals surface area contributed by atoms with Gasteiger partial charge in [0.05, 0.1) is 0 Å². The zero-order valence-electron chi connectivity index (χ0n) is 13.2. The van der Waals surface area contributed by atoms with E-state index in [1.54, 1.807) is 0 Å². The summed E-state index contributed by atoms with van der Waals surface area (Å²) < 4.78 is 0. The predicted molar refractivity (Wildman–Crippen MR) is 82.5 cm³/mol. The highest BCUT2D eigenvalue weighted by molar-refractivity contribution is 5.13. The third-order valence-corrected chi connectivity index (χ3v) is 4.06. The first kappa shape index (κ1) is 16.0. The van der Waals surface area contributed by atoms with Gasteiger partial charge in [0.25, 0.3) is 0 Å². The van der Waals surface area contributed by atoms with E-state index in [0.717, 1.165) is 31.6 Å². The van der Waals surface area contributed by atoms with Gasteiger partial charge in [0, 0.05) is 29.8 Å². The number of nitrogens with zero attached hydrogens (tertiary/aromatic N) is 2. The molecule has 0 saturated heterocycles. The highest BCUT2D eigenvalue weighted by Crippen LogP contribution is 2.25. The van der Waals surface area contributed by atoms with E-state index in [1.807, 2.05) is 12.3 Å². The van der Waals surface area contributed by atoms with Crippen molar-refractivity contribution in [2.75, 3.05) is 13.6 Å². The molecule has 1 rings (SSSR count). The van der Waals surface area contributed by atoms with Crippen LogP contribution in [0.1, 0.15) is 52.1 Å². The molecule has 0 radical (unpaired) electrons. The second kappa shape index (κ2) is 6.90. The minimum atomic E-state index is 0.171. The van der Waals surface area contributed by atoms with Crippen molar-refractivity contribution in [2.24, 2.45) is 0 Å². The van der Waals surface area contributed by atoms with Crippen LogP contribution in [-0.4, -0.2) is 34.5 Å². The summed E-state index contributed by atoms with van der Waals surface area (Å²) >= 11 is 0. The first-order valence-electron chi connectivity index (χ1n) is 7.31. The number of hydrogen-bond acceptors (Lipinski definition) is 2. The molecule has 3 heteroatoms. The van der Waals surface area contributed by atoms with Crippen molar-refractivity contribution < 1.29 is 0 Å². The first-order chi connectivity index (χ1) is 8.94. The SMILES string of the molecule is C=CC(Cc1ncc(C(C)(C)CC)[nH]1)N(C)CCC. The van der Waals surface area contributed by atoms with Gasteiger partial charge in [-0.2, -0.15) is 0 Å².